The Balaban J connectivity index is 2.86. The van der Waals surface area contributed by atoms with Crippen LogP contribution >= 0.6 is 43.2 Å². The van der Waals surface area contributed by atoms with Crippen LogP contribution in [0.4, 0.5) is 26.3 Å². The molecule has 0 saturated heterocycles. The number of fused-ring (bicyclic) bond motifs is 1. The maximum Gasteiger partial charge on any atom is 0.380 e. The average Bonchev–Trinajstić information content (AvgIpc) is 2.44. The molecule has 0 unspecified atom stereocenters. The van der Waals surface area contributed by atoms with Crippen LogP contribution in [0.15, 0.2) is 7.57 Å². The number of halogens is 8. The molecule has 1 aliphatic carbocycles. The number of alkyl halides is 6. The summed E-state index contributed by atoms with van der Waals surface area (Å²) in [7, 11) is 0. The maximum atomic E-state index is 13.2. The fourth-order valence-electron chi connectivity index (χ4n) is 1.45. The van der Waals surface area contributed by atoms with Gasteiger partial charge in [-0.15, -0.1) is 11.3 Å². The van der Waals surface area contributed by atoms with Gasteiger partial charge < -0.3 is 0 Å². The van der Waals surface area contributed by atoms with Crippen molar-refractivity contribution in [3.05, 3.63) is 18.7 Å². The first-order chi connectivity index (χ1) is 7.05. The van der Waals surface area contributed by atoms with Gasteiger partial charge in [-0.2, -0.15) is 26.3 Å². The smallest absolute Gasteiger partial charge is 0.194 e. The molecule has 2 rings (SSSR count). The topological polar surface area (TPSA) is 0 Å². The van der Waals surface area contributed by atoms with Crippen molar-refractivity contribution in [2.24, 2.45) is 0 Å². The Morgan fingerprint density at radius 1 is 0.750 bits per heavy atom. The van der Waals surface area contributed by atoms with Crippen molar-refractivity contribution in [2.45, 2.75) is 17.8 Å². The summed E-state index contributed by atoms with van der Waals surface area (Å²) in [5, 5.41) is 0. The van der Waals surface area contributed by atoms with Crippen LogP contribution in [-0.4, -0.2) is 5.92 Å². The molecular weight excluding hydrogens is 390 g/mol. The molecule has 0 aromatic carbocycles. The highest BCUT2D eigenvalue weighted by molar-refractivity contribution is 9.12. The van der Waals surface area contributed by atoms with Crippen molar-refractivity contribution in [2.75, 3.05) is 0 Å². The predicted molar refractivity (Wildman–Crippen MR) is 52.5 cm³/mol. The third kappa shape index (κ3) is 1.17. The lowest BCUT2D eigenvalue weighted by molar-refractivity contribution is -0.302. The summed E-state index contributed by atoms with van der Waals surface area (Å²) in [5.41, 5.74) is -2.67. The second-order valence-corrected chi connectivity index (χ2v) is 6.78. The van der Waals surface area contributed by atoms with Gasteiger partial charge in [0.05, 0.1) is 18.7 Å². The molecule has 1 aromatic rings. The molecule has 0 nitrogen and oxygen atoms in total. The normalized spacial score (nSPS) is 24.5. The SMILES string of the molecule is FC1(F)c2c(Br)sc(Br)c2C(F)(F)C1(F)F. The van der Waals surface area contributed by atoms with Gasteiger partial charge in [0.15, 0.2) is 0 Å². The van der Waals surface area contributed by atoms with Crippen molar-refractivity contribution >= 4 is 43.2 Å². The molecule has 16 heavy (non-hydrogen) atoms. The van der Waals surface area contributed by atoms with Gasteiger partial charge in [-0.25, -0.2) is 0 Å². The van der Waals surface area contributed by atoms with Gasteiger partial charge in [-0.05, 0) is 31.9 Å². The van der Waals surface area contributed by atoms with Gasteiger partial charge in [0.1, 0.15) is 0 Å². The number of rotatable bonds is 0. The lowest BCUT2D eigenvalue weighted by Crippen LogP contribution is -2.43. The van der Waals surface area contributed by atoms with Gasteiger partial charge in [0.25, 0.3) is 0 Å². The van der Waals surface area contributed by atoms with E-state index in [-0.39, 0.29) is 0 Å². The number of hydrogen-bond donors (Lipinski definition) is 0. The van der Waals surface area contributed by atoms with E-state index in [0.717, 1.165) is 0 Å². The zero-order chi connectivity index (χ0) is 12.5. The van der Waals surface area contributed by atoms with Gasteiger partial charge in [0, 0.05) is 0 Å². The van der Waals surface area contributed by atoms with E-state index in [2.05, 4.69) is 31.9 Å². The van der Waals surface area contributed by atoms with Crippen molar-refractivity contribution < 1.29 is 26.3 Å². The van der Waals surface area contributed by atoms with Gasteiger partial charge in [-0.3, -0.25) is 0 Å². The molecule has 0 atom stereocenters. The van der Waals surface area contributed by atoms with E-state index in [0.29, 0.717) is 11.3 Å². The summed E-state index contributed by atoms with van der Waals surface area (Å²) < 4.78 is 77.9. The lowest BCUT2D eigenvalue weighted by Gasteiger charge is -2.24. The zero-order valence-corrected chi connectivity index (χ0v) is 10.9. The van der Waals surface area contributed by atoms with Crippen LogP contribution in [0.1, 0.15) is 11.1 Å². The minimum absolute atomic E-state index is 0.420. The van der Waals surface area contributed by atoms with E-state index >= 15 is 0 Å². The van der Waals surface area contributed by atoms with E-state index in [1.807, 2.05) is 0 Å². The van der Waals surface area contributed by atoms with Crippen LogP contribution in [0.3, 0.4) is 0 Å². The average molecular weight is 390 g/mol. The molecular formula is C7Br2F6S. The molecule has 0 aliphatic heterocycles. The highest BCUT2D eigenvalue weighted by Crippen LogP contribution is 2.67. The first-order valence-electron chi connectivity index (χ1n) is 3.67. The molecule has 0 saturated carbocycles. The second kappa shape index (κ2) is 3.17. The first-order valence-corrected chi connectivity index (χ1v) is 6.07. The van der Waals surface area contributed by atoms with Gasteiger partial charge in [0.2, 0.25) is 0 Å². The summed E-state index contributed by atoms with van der Waals surface area (Å²) in [6, 6.07) is 0. The first kappa shape index (κ1) is 12.7. The molecule has 90 valence electrons. The Kier molecular flexibility index (Phi) is 2.51. The Morgan fingerprint density at radius 3 is 1.38 bits per heavy atom. The van der Waals surface area contributed by atoms with Crippen LogP contribution in [0.25, 0.3) is 0 Å². The van der Waals surface area contributed by atoms with E-state index in [9.17, 15) is 26.3 Å². The minimum atomic E-state index is -5.41. The largest absolute Gasteiger partial charge is 0.380 e. The highest BCUT2D eigenvalue weighted by Gasteiger charge is 2.80. The molecule has 1 aromatic heterocycles. The lowest BCUT2D eigenvalue weighted by atomic mass is 10.1. The van der Waals surface area contributed by atoms with Crippen molar-refractivity contribution in [3.8, 4) is 0 Å². The molecule has 1 aliphatic rings. The predicted octanol–water partition coefficient (Wildman–Crippen LogP) is 5.11. The molecule has 0 N–H and O–H groups in total. The minimum Gasteiger partial charge on any atom is -0.194 e. The van der Waals surface area contributed by atoms with Crippen molar-refractivity contribution in [3.63, 3.8) is 0 Å². The van der Waals surface area contributed by atoms with Crippen molar-refractivity contribution in [1.29, 1.82) is 0 Å². The standard InChI is InChI=1S/C7Br2F6S/c8-3-1-2(4(9)16-3)6(12,13)7(14,15)5(1,10)11. The van der Waals surface area contributed by atoms with Crippen molar-refractivity contribution in [1.82, 2.24) is 0 Å². The Labute approximate surface area is 106 Å². The molecule has 9 heteroatoms. The van der Waals surface area contributed by atoms with Gasteiger partial charge >= 0.3 is 17.8 Å². The fraction of sp³-hybridized carbons (Fsp3) is 0.429. The fourth-order valence-corrected chi connectivity index (χ4v) is 4.79. The molecule has 1 heterocycles. The van der Waals surface area contributed by atoms with Crippen LogP contribution in [0.5, 0.6) is 0 Å². The second-order valence-electron chi connectivity index (χ2n) is 3.12. The third-order valence-electron chi connectivity index (χ3n) is 2.24. The molecule has 0 bridgehead atoms. The summed E-state index contributed by atoms with van der Waals surface area (Å²) in [6.07, 6.45) is 0. The summed E-state index contributed by atoms with van der Waals surface area (Å²) in [5.74, 6) is -15.2. The Morgan fingerprint density at radius 2 is 1.06 bits per heavy atom. The van der Waals surface area contributed by atoms with Gasteiger partial charge in [-0.1, -0.05) is 0 Å². The molecule has 0 radical (unpaired) electrons. The number of thiophene rings is 1. The quantitative estimate of drug-likeness (QED) is 0.541. The van der Waals surface area contributed by atoms with Crippen LogP contribution in [0.2, 0.25) is 0 Å². The van der Waals surface area contributed by atoms with E-state index in [4.69, 9.17) is 0 Å². The Hall–Kier alpha value is 0.240. The summed E-state index contributed by atoms with van der Waals surface area (Å²) in [6.45, 7) is 0. The van der Waals surface area contributed by atoms with E-state index in [1.54, 1.807) is 0 Å². The molecule has 0 fully saturated rings. The third-order valence-corrected chi connectivity index (χ3v) is 4.77. The maximum absolute atomic E-state index is 13.2. The zero-order valence-electron chi connectivity index (χ0n) is 6.93. The highest BCUT2D eigenvalue weighted by atomic mass is 79.9. The number of hydrogen-bond acceptors (Lipinski definition) is 1. The van der Waals surface area contributed by atoms with E-state index in [1.165, 1.54) is 0 Å². The van der Waals surface area contributed by atoms with E-state index < -0.39 is 36.5 Å². The molecule has 0 amide bonds. The Bertz CT molecular complexity index is 427. The van der Waals surface area contributed by atoms with Crippen LogP contribution < -0.4 is 0 Å². The summed E-state index contributed by atoms with van der Waals surface area (Å²) >= 11 is 5.69. The van der Waals surface area contributed by atoms with Crippen LogP contribution in [-0.2, 0) is 11.8 Å². The molecule has 0 spiro atoms. The summed E-state index contributed by atoms with van der Waals surface area (Å²) in [4.78, 5) is 0. The van der Waals surface area contributed by atoms with Crippen LogP contribution in [0, 0.1) is 0 Å². The monoisotopic (exact) mass is 388 g/mol.